The molecule has 142 valence electrons. The van der Waals surface area contributed by atoms with Crippen LogP contribution in [0.5, 0.6) is 0 Å². The van der Waals surface area contributed by atoms with Gasteiger partial charge in [0.1, 0.15) is 10.7 Å². The van der Waals surface area contributed by atoms with E-state index in [0.29, 0.717) is 14.9 Å². The van der Waals surface area contributed by atoms with Crippen molar-refractivity contribution in [2.24, 2.45) is 5.10 Å². The molecule has 0 bridgehead atoms. The van der Waals surface area contributed by atoms with E-state index in [0.717, 1.165) is 5.69 Å². The van der Waals surface area contributed by atoms with E-state index < -0.39 is 4.92 Å². The first-order chi connectivity index (χ1) is 13.5. The SMILES string of the molecule is O=C(CSc1nnc(-c2ccccn2)s1)N/N=C\c1ccc(Cl)c([N+](=O)[O-])c1. The van der Waals surface area contributed by atoms with Crippen LogP contribution in [0.1, 0.15) is 5.56 Å². The standard InChI is InChI=1S/C16H11ClN6O3S2/c17-11-5-4-10(7-13(11)23(25)26)8-19-20-14(24)9-27-16-22-21-15(28-16)12-3-1-2-6-18-12/h1-8H,9H2,(H,20,24)/b19-8-. The lowest BCUT2D eigenvalue weighted by Crippen LogP contribution is -2.19. The summed E-state index contributed by atoms with van der Waals surface area (Å²) in [6.07, 6.45) is 2.97. The lowest BCUT2D eigenvalue weighted by atomic mass is 10.2. The number of nitro benzene ring substituents is 1. The molecule has 0 aliphatic carbocycles. The highest BCUT2D eigenvalue weighted by Crippen LogP contribution is 2.28. The quantitative estimate of drug-likeness (QED) is 0.261. The van der Waals surface area contributed by atoms with Crippen molar-refractivity contribution in [2.45, 2.75) is 4.34 Å². The van der Waals surface area contributed by atoms with Gasteiger partial charge in [0.05, 0.1) is 16.9 Å². The lowest BCUT2D eigenvalue weighted by Gasteiger charge is -1.99. The van der Waals surface area contributed by atoms with Crippen LogP contribution < -0.4 is 5.43 Å². The second kappa shape index (κ2) is 9.35. The van der Waals surface area contributed by atoms with Crippen molar-refractivity contribution in [3.05, 3.63) is 63.3 Å². The Kier molecular flexibility index (Phi) is 6.63. The third-order valence-electron chi connectivity index (χ3n) is 3.19. The van der Waals surface area contributed by atoms with Crippen molar-refractivity contribution in [3.63, 3.8) is 0 Å². The number of hydrazone groups is 1. The molecule has 9 nitrogen and oxygen atoms in total. The lowest BCUT2D eigenvalue weighted by molar-refractivity contribution is -0.384. The number of benzene rings is 1. The zero-order valence-corrected chi connectivity index (χ0v) is 16.4. The molecule has 1 N–H and O–H groups in total. The van der Waals surface area contributed by atoms with Crippen LogP contribution in [0.25, 0.3) is 10.7 Å². The van der Waals surface area contributed by atoms with Gasteiger partial charge >= 0.3 is 0 Å². The summed E-state index contributed by atoms with van der Waals surface area (Å²) in [6, 6.07) is 9.72. The van der Waals surface area contributed by atoms with Crippen LogP contribution in [-0.4, -0.2) is 38.0 Å². The fourth-order valence-electron chi connectivity index (χ4n) is 1.95. The predicted molar refractivity (Wildman–Crippen MR) is 108 cm³/mol. The summed E-state index contributed by atoms with van der Waals surface area (Å²) in [5.74, 6) is -0.256. The maximum absolute atomic E-state index is 11.9. The Bertz CT molecular complexity index is 1030. The van der Waals surface area contributed by atoms with Crippen LogP contribution in [0.2, 0.25) is 5.02 Å². The Morgan fingerprint density at radius 1 is 1.36 bits per heavy atom. The number of hydrogen-bond acceptors (Lipinski definition) is 9. The zero-order chi connectivity index (χ0) is 19.9. The largest absolute Gasteiger partial charge is 0.288 e. The molecule has 0 spiro atoms. The molecular formula is C16H11ClN6O3S2. The number of pyridine rings is 1. The highest BCUT2D eigenvalue weighted by Gasteiger charge is 2.12. The van der Waals surface area contributed by atoms with E-state index in [2.05, 4.69) is 25.7 Å². The number of nitrogens with zero attached hydrogens (tertiary/aromatic N) is 5. The van der Waals surface area contributed by atoms with Crippen LogP contribution in [-0.2, 0) is 4.79 Å². The number of thioether (sulfide) groups is 1. The second-order valence-electron chi connectivity index (χ2n) is 5.14. The maximum Gasteiger partial charge on any atom is 0.288 e. The minimum atomic E-state index is -0.587. The van der Waals surface area contributed by atoms with Gasteiger partial charge in [-0.05, 0) is 18.2 Å². The summed E-state index contributed by atoms with van der Waals surface area (Å²) in [5, 5.41) is 23.4. The predicted octanol–water partition coefficient (Wildman–Crippen LogP) is 3.40. The molecule has 1 aromatic carbocycles. The third kappa shape index (κ3) is 5.31. The molecule has 2 aromatic heterocycles. The fraction of sp³-hybridized carbons (Fsp3) is 0.0625. The van der Waals surface area contributed by atoms with Crippen molar-refractivity contribution in [2.75, 3.05) is 5.75 Å². The number of carbonyl (C=O) groups excluding carboxylic acids is 1. The van der Waals surface area contributed by atoms with Crippen LogP contribution >= 0.6 is 34.7 Å². The summed E-state index contributed by atoms with van der Waals surface area (Å²) < 4.78 is 0.633. The van der Waals surface area contributed by atoms with Crippen molar-refractivity contribution >= 4 is 52.5 Å². The minimum Gasteiger partial charge on any atom is -0.272 e. The Morgan fingerprint density at radius 2 is 2.21 bits per heavy atom. The first-order valence-electron chi connectivity index (χ1n) is 7.66. The van der Waals surface area contributed by atoms with Crippen molar-refractivity contribution in [1.82, 2.24) is 20.6 Å². The molecule has 0 fully saturated rings. The van der Waals surface area contributed by atoms with Crippen LogP contribution in [0.15, 0.2) is 52.0 Å². The second-order valence-corrected chi connectivity index (χ2v) is 7.75. The molecule has 2 heterocycles. The summed E-state index contributed by atoms with van der Waals surface area (Å²) >= 11 is 8.30. The molecule has 12 heteroatoms. The Hall–Kier alpha value is -2.89. The molecule has 0 atom stereocenters. The molecule has 0 aliphatic heterocycles. The Balaban J connectivity index is 1.51. The number of aromatic nitrogens is 3. The van der Waals surface area contributed by atoms with Gasteiger partial charge < -0.3 is 0 Å². The van der Waals surface area contributed by atoms with Gasteiger partial charge in [-0.25, -0.2) is 5.43 Å². The Labute approximate surface area is 172 Å². The van der Waals surface area contributed by atoms with Crippen molar-refractivity contribution < 1.29 is 9.72 Å². The van der Waals surface area contributed by atoms with Gasteiger partial charge in [-0.15, -0.1) is 10.2 Å². The van der Waals surface area contributed by atoms with Gasteiger partial charge in [-0.3, -0.25) is 19.9 Å². The molecule has 0 saturated heterocycles. The topological polar surface area (TPSA) is 123 Å². The molecule has 28 heavy (non-hydrogen) atoms. The summed E-state index contributed by atoms with van der Waals surface area (Å²) in [6.45, 7) is 0. The first kappa shape index (κ1) is 19.9. The number of halogens is 1. The molecule has 0 radical (unpaired) electrons. The first-order valence-corrected chi connectivity index (χ1v) is 9.84. The van der Waals surface area contributed by atoms with Gasteiger partial charge in [-0.1, -0.05) is 46.8 Å². The average molecular weight is 435 g/mol. The van der Waals surface area contributed by atoms with Crippen LogP contribution in [0.3, 0.4) is 0 Å². The van der Waals surface area contributed by atoms with Gasteiger partial charge in [0.2, 0.25) is 0 Å². The summed E-state index contributed by atoms with van der Waals surface area (Å²) in [5.41, 5.74) is 3.28. The van der Waals surface area contributed by atoms with Gasteiger partial charge in [0.25, 0.3) is 11.6 Å². The van der Waals surface area contributed by atoms with Crippen LogP contribution in [0, 0.1) is 10.1 Å². The monoisotopic (exact) mass is 434 g/mol. The molecule has 1 amide bonds. The van der Waals surface area contributed by atoms with E-state index >= 15 is 0 Å². The smallest absolute Gasteiger partial charge is 0.272 e. The van der Waals surface area contributed by atoms with Crippen LogP contribution in [0.4, 0.5) is 5.69 Å². The highest BCUT2D eigenvalue weighted by atomic mass is 35.5. The van der Waals surface area contributed by atoms with E-state index in [-0.39, 0.29) is 22.4 Å². The van der Waals surface area contributed by atoms with E-state index in [4.69, 9.17) is 11.6 Å². The van der Waals surface area contributed by atoms with Gasteiger partial charge in [0, 0.05) is 17.8 Å². The van der Waals surface area contributed by atoms with Crippen molar-refractivity contribution in [3.8, 4) is 10.7 Å². The molecule has 3 aromatic rings. The average Bonchev–Trinajstić information content (AvgIpc) is 3.17. The Morgan fingerprint density at radius 3 is 2.96 bits per heavy atom. The molecule has 0 aliphatic rings. The molecule has 3 rings (SSSR count). The molecule has 0 saturated carbocycles. The number of rotatable bonds is 7. The zero-order valence-electron chi connectivity index (χ0n) is 14.0. The minimum absolute atomic E-state index is 0.0321. The number of hydrogen-bond donors (Lipinski definition) is 1. The summed E-state index contributed by atoms with van der Waals surface area (Å²) in [7, 11) is 0. The fourth-order valence-corrected chi connectivity index (χ4v) is 3.76. The van der Waals surface area contributed by atoms with Crippen molar-refractivity contribution in [1.29, 1.82) is 0 Å². The third-order valence-corrected chi connectivity index (χ3v) is 5.59. The van der Waals surface area contributed by atoms with E-state index in [1.54, 1.807) is 12.3 Å². The van der Waals surface area contributed by atoms with Gasteiger partial charge in [-0.2, -0.15) is 5.10 Å². The number of nitro groups is 1. The van der Waals surface area contributed by atoms with E-state index in [1.807, 2.05) is 18.2 Å². The normalized spacial score (nSPS) is 10.9. The summed E-state index contributed by atoms with van der Waals surface area (Å²) in [4.78, 5) is 26.4. The number of nitrogens with one attached hydrogen (secondary N) is 1. The van der Waals surface area contributed by atoms with E-state index in [9.17, 15) is 14.9 Å². The van der Waals surface area contributed by atoms with E-state index in [1.165, 1.54) is 41.4 Å². The molecule has 0 unspecified atom stereocenters. The molecular weight excluding hydrogens is 424 g/mol. The number of carbonyl (C=O) groups is 1. The number of amides is 1. The maximum atomic E-state index is 11.9. The highest BCUT2D eigenvalue weighted by molar-refractivity contribution is 8.01. The van der Waals surface area contributed by atoms with Gasteiger partial charge in [0.15, 0.2) is 9.35 Å².